The van der Waals surface area contributed by atoms with Gasteiger partial charge < -0.3 is 4.74 Å². The molecule has 49 heavy (non-hydrogen) atoms. The molecule has 0 radical (unpaired) electrons. The summed E-state index contributed by atoms with van der Waals surface area (Å²) in [6.07, 6.45) is 39.9. The third-order valence-electron chi connectivity index (χ3n) is 15.5. The molecule has 4 aliphatic rings. The van der Waals surface area contributed by atoms with E-state index < -0.39 is 0 Å². The molecule has 282 valence electrons. The van der Waals surface area contributed by atoms with Gasteiger partial charge in [-0.25, -0.2) is 0 Å². The minimum atomic E-state index is 0.0752. The quantitative estimate of drug-likeness (QED) is 0.0686. The van der Waals surface area contributed by atoms with Crippen molar-refractivity contribution in [1.82, 2.24) is 0 Å². The lowest BCUT2D eigenvalue weighted by Gasteiger charge is -2.61. The predicted molar refractivity (Wildman–Crippen MR) is 211 cm³/mol. The van der Waals surface area contributed by atoms with E-state index in [0.717, 1.165) is 79.4 Å². The lowest BCUT2D eigenvalue weighted by Crippen LogP contribution is -2.54. The predicted octanol–water partition coefficient (Wildman–Crippen LogP) is 14.5. The minimum Gasteiger partial charge on any atom is -0.462 e. The standard InChI is InChI=1S/C47H82O2/c1-8-10-11-12-13-14-15-16-17-18-19-20-21-22-23-24-45(48)49-40-31-33-46(6)39(35-40)27-28-41-43-30-29-42(47(43,7)34-32-44(41)46)37(5)25-26-38(9-2)36(3)4/h13-14,16-17,36-44H,8-12,15,18-35H2,1-7H3/t37-,38-,39+,40+,41+,42-,43+,44+,46+,47-/m1/s1. The smallest absolute Gasteiger partial charge is 0.306 e. The van der Waals surface area contributed by atoms with Crippen molar-refractivity contribution >= 4 is 5.97 Å². The van der Waals surface area contributed by atoms with Crippen molar-refractivity contribution in [2.75, 3.05) is 0 Å². The third-order valence-corrected chi connectivity index (χ3v) is 15.5. The summed E-state index contributed by atoms with van der Waals surface area (Å²) in [4.78, 5) is 12.9. The third kappa shape index (κ3) is 11.0. The summed E-state index contributed by atoms with van der Waals surface area (Å²) in [5, 5.41) is 0. The van der Waals surface area contributed by atoms with E-state index in [1.54, 1.807) is 0 Å². The SMILES string of the molecule is CCCCCC=CCC=CCCCCCCCC(=O)O[C@H]1CC[C@@]2(C)[C@@H](CC[C@@H]3[C@@H]2CC[C@]2(C)[C@@H]([C@H](C)CC[C@@H](CC)C(C)C)CC[C@@H]32)C1. The van der Waals surface area contributed by atoms with Gasteiger partial charge in [0.25, 0.3) is 0 Å². The average molecular weight is 679 g/mol. The zero-order chi connectivity index (χ0) is 35.3. The van der Waals surface area contributed by atoms with Gasteiger partial charge >= 0.3 is 5.97 Å². The maximum absolute atomic E-state index is 12.9. The molecule has 0 spiro atoms. The highest BCUT2D eigenvalue weighted by Crippen LogP contribution is 2.68. The summed E-state index contributed by atoms with van der Waals surface area (Å²) in [6, 6.07) is 0. The molecule has 4 fully saturated rings. The fraction of sp³-hybridized carbons (Fsp3) is 0.894. The molecule has 0 heterocycles. The van der Waals surface area contributed by atoms with Crippen LogP contribution in [0, 0.1) is 58.2 Å². The number of unbranched alkanes of at least 4 members (excludes halogenated alkanes) is 8. The van der Waals surface area contributed by atoms with Crippen molar-refractivity contribution in [3.05, 3.63) is 24.3 Å². The number of hydrogen-bond donors (Lipinski definition) is 0. The Balaban J connectivity index is 1.12. The van der Waals surface area contributed by atoms with E-state index in [4.69, 9.17) is 4.74 Å². The first-order valence-corrected chi connectivity index (χ1v) is 22.1. The summed E-state index contributed by atoms with van der Waals surface area (Å²) in [5.41, 5.74) is 1.03. The first-order valence-electron chi connectivity index (χ1n) is 22.1. The summed E-state index contributed by atoms with van der Waals surface area (Å²) in [5.74, 6) is 7.14. The number of fused-ring (bicyclic) bond motifs is 5. The minimum absolute atomic E-state index is 0.0752. The lowest BCUT2D eigenvalue weighted by atomic mass is 9.44. The molecule has 2 heteroatoms. The maximum Gasteiger partial charge on any atom is 0.306 e. The second kappa shape index (κ2) is 20.3. The van der Waals surface area contributed by atoms with Gasteiger partial charge in [-0.3, -0.25) is 4.79 Å². The number of hydrogen-bond acceptors (Lipinski definition) is 2. The molecule has 0 aromatic heterocycles. The zero-order valence-electron chi connectivity index (χ0n) is 33.8. The molecule has 0 unspecified atom stereocenters. The second-order valence-corrected chi connectivity index (χ2v) is 18.7. The molecule has 10 atom stereocenters. The Kier molecular flexibility index (Phi) is 16.8. The van der Waals surface area contributed by atoms with Gasteiger partial charge in [0.1, 0.15) is 6.10 Å². The van der Waals surface area contributed by atoms with Gasteiger partial charge in [-0.1, -0.05) is 118 Å². The summed E-state index contributed by atoms with van der Waals surface area (Å²) >= 11 is 0. The van der Waals surface area contributed by atoms with Crippen LogP contribution in [0.15, 0.2) is 24.3 Å². The van der Waals surface area contributed by atoms with Crippen molar-refractivity contribution in [3.8, 4) is 0 Å². The first-order chi connectivity index (χ1) is 23.6. The van der Waals surface area contributed by atoms with Crippen molar-refractivity contribution in [2.24, 2.45) is 58.2 Å². The molecule has 0 amide bonds. The molecule has 0 aromatic rings. The van der Waals surface area contributed by atoms with Gasteiger partial charge in [0.15, 0.2) is 0 Å². The Hall–Kier alpha value is -1.05. The Labute approximate surface area is 305 Å². The molecule has 0 aromatic carbocycles. The Bertz CT molecular complexity index is 1010. The highest BCUT2D eigenvalue weighted by Gasteiger charge is 2.60. The van der Waals surface area contributed by atoms with Gasteiger partial charge in [-0.2, -0.15) is 0 Å². The van der Waals surface area contributed by atoms with Crippen LogP contribution >= 0.6 is 0 Å². The van der Waals surface area contributed by atoms with E-state index in [1.807, 2.05) is 0 Å². The summed E-state index contributed by atoms with van der Waals surface area (Å²) in [7, 11) is 0. The van der Waals surface area contributed by atoms with Crippen LogP contribution in [0.4, 0.5) is 0 Å². The van der Waals surface area contributed by atoms with Crippen molar-refractivity contribution < 1.29 is 9.53 Å². The number of allylic oxidation sites excluding steroid dienone is 4. The first kappa shape index (κ1) is 40.7. The number of rotatable bonds is 21. The normalized spacial score (nSPS) is 34.2. The molecule has 0 saturated heterocycles. The van der Waals surface area contributed by atoms with Crippen LogP contribution < -0.4 is 0 Å². The van der Waals surface area contributed by atoms with Gasteiger partial charge in [0, 0.05) is 6.42 Å². The Morgan fingerprint density at radius 2 is 1.41 bits per heavy atom. The van der Waals surface area contributed by atoms with Crippen LogP contribution in [0.25, 0.3) is 0 Å². The molecule has 0 bridgehead atoms. The van der Waals surface area contributed by atoms with Gasteiger partial charge in [0.05, 0.1) is 0 Å². The second-order valence-electron chi connectivity index (χ2n) is 18.7. The van der Waals surface area contributed by atoms with Crippen LogP contribution in [-0.4, -0.2) is 12.1 Å². The monoisotopic (exact) mass is 679 g/mol. The van der Waals surface area contributed by atoms with Crippen LogP contribution in [0.5, 0.6) is 0 Å². The van der Waals surface area contributed by atoms with E-state index in [1.165, 1.54) is 116 Å². The van der Waals surface area contributed by atoms with Gasteiger partial charge in [0.2, 0.25) is 0 Å². The van der Waals surface area contributed by atoms with Crippen LogP contribution in [-0.2, 0) is 9.53 Å². The van der Waals surface area contributed by atoms with E-state index in [0.29, 0.717) is 17.3 Å². The number of carbonyl (C=O) groups is 1. The number of esters is 1. The number of ether oxygens (including phenoxy) is 1. The van der Waals surface area contributed by atoms with Gasteiger partial charge in [-0.05, 0) is 161 Å². The lowest BCUT2D eigenvalue weighted by molar-refractivity contribution is -0.162. The van der Waals surface area contributed by atoms with E-state index in [2.05, 4.69) is 72.8 Å². The fourth-order valence-electron chi connectivity index (χ4n) is 12.3. The van der Waals surface area contributed by atoms with E-state index in [-0.39, 0.29) is 12.1 Å². The maximum atomic E-state index is 12.9. The van der Waals surface area contributed by atoms with Crippen molar-refractivity contribution in [3.63, 3.8) is 0 Å². The van der Waals surface area contributed by atoms with Crippen molar-refractivity contribution in [2.45, 2.75) is 209 Å². The Morgan fingerprint density at radius 3 is 2.12 bits per heavy atom. The topological polar surface area (TPSA) is 26.3 Å². The van der Waals surface area contributed by atoms with E-state index in [9.17, 15) is 4.79 Å². The highest BCUT2D eigenvalue weighted by molar-refractivity contribution is 5.69. The van der Waals surface area contributed by atoms with Crippen LogP contribution in [0.2, 0.25) is 0 Å². The van der Waals surface area contributed by atoms with Crippen LogP contribution in [0.3, 0.4) is 0 Å². The average Bonchev–Trinajstić information content (AvgIpc) is 3.44. The molecule has 4 rings (SSSR count). The van der Waals surface area contributed by atoms with Gasteiger partial charge in [-0.15, -0.1) is 0 Å². The van der Waals surface area contributed by atoms with E-state index >= 15 is 0 Å². The largest absolute Gasteiger partial charge is 0.462 e. The Morgan fingerprint density at radius 1 is 0.735 bits per heavy atom. The molecule has 2 nitrogen and oxygen atoms in total. The zero-order valence-corrected chi connectivity index (χ0v) is 33.8. The fourth-order valence-corrected chi connectivity index (χ4v) is 12.3. The summed E-state index contributed by atoms with van der Waals surface area (Å²) in [6.45, 7) is 17.6. The molecular formula is C47H82O2. The molecule has 4 aliphatic carbocycles. The molecule has 4 saturated carbocycles. The molecular weight excluding hydrogens is 597 g/mol. The highest BCUT2D eigenvalue weighted by atomic mass is 16.5. The molecule has 0 aliphatic heterocycles. The number of carbonyl (C=O) groups excluding carboxylic acids is 1. The van der Waals surface area contributed by atoms with Crippen molar-refractivity contribution in [1.29, 1.82) is 0 Å². The molecule has 0 N–H and O–H groups in total. The van der Waals surface area contributed by atoms with Crippen LogP contribution in [0.1, 0.15) is 203 Å². The summed E-state index contributed by atoms with van der Waals surface area (Å²) < 4.78 is 6.18.